The number of ether oxygens (including phenoxy) is 4. The van der Waals surface area contributed by atoms with Crippen molar-refractivity contribution >= 4 is 23.8 Å². The van der Waals surface area contributed by atoms with Crippen molar-refractivity contribution in [3.63, 3.8) is 0 Å². The fourth-order valence-corrected chi connectivity index (χ4v) is 10.3. The third kappa shape index (κ3) is 9.45. The van der Waals surface area contributed by atoms with Crippen molar-refractivity contribution in [3.8, 4) is 5.75 Å². The zero-order valence-corrected chi connectivity index (χ0v) is 31.4. The van der Waals surface area contributed by atoms with E-state index in [0.29, 0.717) is 58.0 Å². The summed E-state index contributed by atoms with van der Waals surface area (Å²) in [7, 11) is 0. The summed E-state index contributed by atoms with van der Waals surface area (Å²) in [6.07, 6.45) is 8.61. The average Bonchev–Trinajstić information content (AvgIpc) is 3.82. The standard InChI is InChI=1S/C41H57N3O7S/c45-36(28-41(17-18-42-39(41)46)27-31-10-13-33(14-11-31)50-25-21-43-19-23-48-24-20-43)35(26-30-6-2-1-3-7-30)44(40(47)51-34-16-22-49-29-34)38-15-12-32-8-4-5-9-37(32)52-38/h4-5,8-11,13-14,30,34-36,38,45H,1-3,6-7,12,15-29H2,(H,42,46)/t34-,35-,36-,38?,41+/m0/s1. The highest BCUT2D eigenvalue weighted by Crippen LogP contribution is 2.43. The molecular formula is C41H57N3O7S. The van der Waals surface area contributed by atoms with Crippen LogP contribution in [0, 0.1) is 11.3 Å². The number of thioether (sulfide) groups is 1. The van der Waals surface area contributed by atoms with E-state index in [2.05, 4.69) is 28.4 Å². The molecule has 2 aromatic rings. The summed E-state index contributed by atoms with van der Waals surface area (Å²) in [4.78, 5) is 33.6. The van der Waals surface area contributed by atoms with Crippen LogP contribution < -0.4 is 10.1 Å². The number of hydrogen-bond acceptors (Lipinski definition) is 9. The molecule has 1 saturated carbocycles. The summed E-state index contributed by atoms with van der Waals surface area (Å²) >= 11 is 1.70. The predicted molar refractivity (Wildman–Crippen MR) is 201 cm³/mol. The van der Waals surface area contributed by atoms with Crippen LogP contribution in [-0.4, -0.2) is 110 Å². The van der Waals surface area contributed by atoms with Crippen molar-refractivity contribution in [1.29, 1.82) is 0 Å². The number of rotatable bonds is 14. The van der Waals surface area contributed by atoms with Gasteiger partial charge >= 0.3 is 6.09 Å². The van der Waals surface area contributed by atoms with Crippen LogP contribution in [0.3, 0.4) is 0 Å². The number of nitrogens with zero attached hydrogens (tertiary/aromatic N) is 2. The Bertz CT molecular complexity index is 1460. The molecule has 284 valence electrons. The second kappa shape index (κ2) is 18.0. The van der Waals surface area contributed by atoms with E-state index in [1.54, 1.807) is 11.8 Å². The molecule has 2 amide bonds. The van der Waals surface area contributed by atoms with E-state index in [-0.39, 0.29) is 29.9 Å². The molecule has 4 fully saturated rings. The third-order valence-corrected chi connectivity index (χ3v) is 13.3. The first-order chi connectivity index (χ1) is 25.5. The van der Waals surface area contributed by atoms with Crippen LogP contribution in [0.15, 0.2) is 53.4 Å². The summed E-state index contributed by atoms with van der Waals surface area (Å²) in [5.74, 6) is 1.19. The molecular weight excluding hydrogens is 679 g/mol. The van der Waals surface area contributed by atoms with Crippen LogP contribution in [0.2, 0.25) is 0 Å². The number of carbonyl (C=O) groups excluding carboxylic acids is 2. The molecule has 2 aromatic carbocycles. The molecule has 7 rings (SSSR count). The highest BCUT2D eigenvalue weighted by Gasteiger charge is 2.48. The molecule has 4 heterocycles. The van der Waals surface area contributed by atoms with E-state index in [4.69, 9.17) is 18.9 Å². The van der Waals surface area contributed by atoms with Gasteiger partial charge in [0.05, 0.1) is 49.4 Å². The number of hydrogen-bond donors (Lipinski definition) is 2. The van der Waals surface area contributed by atoms with Crippen LogP contribution in [0.1, 0.15) is 75.3 Å². The van der Waals surface area contributed by atoms with E-state index in [1.807, 2.05) is 35.2 Å². The Morgan fingerprint density at radius 2 is 1.83 bits per heavy atom. The molecule has 0 aromatic heterocycles. The Morgan fingerprint density at radius 1 is 1.02 bits per heavy atom. The second-order valence-electron chi connectivity index (χ2n) is 15.5. The number of nitrogens with one attached hydrogen (secondary N) is 1. The fraction of sp³-hybridized carbons (Fsp3) is 0.659. The molecule has 0 radical (unpaired) electrons. The van der Waals surface area contributed by atoms with Gasteiger partial charge in [-0.2, -0.15) is 0 Å². The van der Waals surface area contributed by atoms with Crippen LogP contribution in [0.5, 0.6) is 5.75 Å². The number of aliphatic hydroxyl groups is 1. The van der Waals surface area contributed by atoms with Gasteiger partial charge in [0.1, 0.15) is 18.5 Å². The smallest absolute Gasteiger partial charge is 0.411 e. The molecule has 11 heteroatoms. The molecule has 1 aliphatic carbocycles. The van der Waals surface area contributed by atoms with Gasteiger partial charge in [0.25, 0.3) is 0 Å². The summed E-state index contributed by atoms with van der Waals surface area (Å²) in [5.41, 5.74) is 1.54. The second-order valence-corrected chi connectivity index (χ2v) is 16.7. The van der Waals surface area contributed by atoms with Gasteiger partial charge in [-0.1, -0.05) is 62.4 Å². The van der Waals surface area contributed by atoms with Gasteiger partial charge in [-0.25, -0.2) is 4.79 Å². The number of morpholine rings is 1. The van der Waals surface area contributed by atoms with E-state index in [0.717, 1.165) is 69.8 Å². The first-order valence-corrected chi connectivity index (χ1v) is 20.6. The molecule has 1 unspecified atom stereocenters. The van der Waals surface area contributed by atoms with E-state index < -0.39 is 17.6 Å². The van der Waals surface area contributed by atoms with Gasteiger partial charge in [0, 0.05) is 37.5 Å². The van der Waals surface area contributed by atoms with Crippen LogP contribution in [0.25, 0.3) is 0 Å². The molecule has 0 bridgehead atoms. The van der Waals surface area contributed by atoms with Gasteiger partial charge in [0.2, 0.25) is 5.91 Å². The number of amides is 2. The minimum atomic E-state index is -0.904. The summed E-state index contributed by atoms with van der Waals surface area (Å²) in [5, 5.41) is 15.4. The Morgan fingerprint density at radius 3 is 2.58 bits per heavy atom. The average molecular weight is 736 g/mol. The summed E-state index contributed by atoms with van der Waals surface area (Å²) in [6, 6.07) is 16.0. The molecule has 5 aliphatic rings. The lowest BCUT2D eigenvalue weighted by atomic mass is 9.73. The van der Waals surface area contributed by atoms with Crippen molar-refractivity contribution in [3.05, 3.63) is 59.7 Å². The van der Waals surface area contributed by atoms with E-state index >= 15 is 0 Å². The highest BCUT2D eigenvalue weighted by atomic mass is 32.2. The van der Waals surface area contributed by atoms with Gasteiger partial charge in [-0.05, 0) is 73.8 Å². The quantitative estimate of drug-likeness (QED) is 0.248. The maximum absolute atomic E-state index is 14.4. The predicted octanol–water partition coefficient (Wildman–Crippen LogP) is 5.83. The molecule has 4 aliphatic heterocycles. The summed E-state index contributed by atoms with van der Waals surface area (Å²) in [6.45, 7) is 6.43. The highest BCUT2D eigenvalue weighted by molar-refractivity contribution is 8.00. The largest absolute Gasteiger partial charge is 0.492 e. The lowest BCUT2D eigenvalue weighted by Gasteiger charge is -2.44. The van der Waals surface area contributed by atoms with Crippen LogP contribution in [-0.2, 0) is 31.8 Å². The Balaban J connectivity index is 1.10. The Labute approximate surface area is 313 Å². The monoisotopic (exact) mass is 735 g/mol. The van der Waals surface area contributed by atoms with Gasteiger partial charge in [-0.3, -0.25) is 14.6 Å². The zero-order valence-electron chi connectivity index (χ0n) is 30.6. The number of fused-ring (bicyclic) bond motifs is 1. The molecule has 2 N–H and O–H groups in total. The molecule has 10 nitrogen and oxygen atoms in total. The first-order valence-electron chi connectivity index (χ1n) is 19.8. The van der Waals surface area contributed by atoms with Gasteiger partial charge in [0.15, 0.2) is 0 Å². The normalized spacial score (nSPS) is 26.7. The van der Waals surface area contributed by atoms with Crippen molar-refractivity contribution in [2.75, 3.05) is 59.2 Å². The van der Waals surface area contributed by atoms with Gasteiger partial charge < -0.3 is 29.4 Å². The Kier molecular flexibility index (Phi) is 13.0. The number of aryl methyl sites for hydroxylation is 1. The van der Waals surface area contributed by atoms with Crippen molar-refractivity contribution in [2.24, 2.45) is 11.3 Å². The topological polar surface area (TPSA) is 110 Å². The van der Waals surface area contributed by atoms with E-state index in [9.17, 15) is 14.7 Å². The number of aliphatic hydroxyl groups excluding tert-OH is 1. The minimum Gasteiger partial charge on any atom is -0.492 e. The Hall–Kier alpha value is -2.83. The number of benzene rings is 2. The van der Waals surface area contributed by atoms with Crippen molar-refractivity contribution in [2.45, 2.75) is 106 Å². The maximum atomic E-state index is 14.4. The zero-order chi connectivity index (χ0) is 35.8. The van der Waals surface area contributed by atoms with Gasteiger partial charge in [-0.15, -0.1) is 11.8 Å². The fourth-order valence-electron chi connectivity index (χ4n) is 8.90. The minimum absolute atomic E-state index is 0.0213. The number of carbonyl (C=O) groups is 2. The van der Waals surface area contributed by atoms with Crippen LogP contribution in [0.4, 0.5) is 4.79 Å². The molecule has 3 saturated heterocycles. The van der Waals surface area contributed by atoms with Crippen molar-refractivity contribution in [1.82, 2.24) is 15.1 Å². The SMILES string of the molecule is O=C(O[C@H]1CCOC1)N(C1CCc2ccccc2S1)[C@@H](CC1CCCCC1)[C@@H](O)C[C@]1(Cc2ccc(OCCN3CCOCC3)cc2)CCNC1=O. The van der Waals surface area contributed by atoms with E-state index in [1.165, 1.54) is 29.7 Å². The third-order valence-electron chi connectivity index (χ3n) is 11.9. The maximum Gasteiger partial charge on any atom is 0.411 e. The summed E-state index contributed by atoms with van der Waals surface area (Å²) < 4.78 is 23.2. The lowest BCUT2D eigenvalue weighted by molar-refractivity contribution is -0.130. The lowest BCUT2D eigenvalue weighted by Crippen LogP contribution is -2.55. The first kappa shape index (κ1) is 37.5. The molecule has 52 heavy (non-hydrogen) atoms. The molecule has 5 atom stereocenters. The van der Waals surface area contributed by atoms with Crippen LogP contribution >= 0.6 is 11.8 Å². The van der Waals surface area contributed by atoms with Crippen molar-refractivity contribution < 1.29 is 33.6 Å². The molecule has 0 spiro atoms.